The van der Waals surface area contributed by atoms with Crippen LogP contribution in [0, 0.1) is 23.7 Å². The van der Waals surface area contributed by atoms with Gasteiger partial charge in [0, 0.05) is 6.61 Å². The number of nitrogens with one attached hydrogen (secondary N) is 1. The van der Waals surface area contributed by atoms with Crippen molar-refractivity contribution < 1.29 is 19.4 Å². The number of carbonyl (C=O) groups excluding carboxylic acids is 2. The zero-order valence-electron chi connectivity index (χ0n) is 18.2. The third-order valence-corrected chi connectivity index (χ3v) is 4.58. The highest BCUT2D eigenvalue weighted by Gasteiger charge is 2.40. The first kappa shape index (κ1) is 24.9. The van der Waals surface area contributed by atoms with Crippen LogP contribution >= 0.6 is 0 Å². The fourth-order valence-electron chi connectivity index (χ4n) is 3.38. The van der Waals surface area contributed by atoms with Gasteiger partial charge in [0.25, 0.3) is 0 Å². The van der Waals surface area contributed by atoms with E-state index in [1.54, 1.807) is 20.8 Å². The molecule has 0 radical (unpaired) electrons. The zero-order chi connectivity index (χ0) is 22.0. The van der Waals surface area contributed by atoms with Crippen LogP contribution in [0.25, 0.3) is 6.08 Å². The molecule has 0 aliphatic heterocycles. The number of allylic oxidation sites excluding steroid dienone is 1. The van der Waals surface area contributed by atoms with Gasteiger partial charge in [-0.15, -0.1) is 0 Å². The highest BCUT2D eigenvalue weighted by Crippen LogP contribution is 2.33. The lowest BCUT2D eigenvalue weighted by Crippen LogP contribution is -2.46. The summed E-state index contributed by atoms with van der Waals surface area (Å²) in [5, 5.41) is 9.65. The van der Waals surface area contributed by atoms with Crippen molar-refractivity contribution in [2.75, 3.05) is 6.61 Å². The topological polar surface area (TPSA) is 102 Å². The van der Waals surface area contributed by atoms with Crippen LogP contribution in [0.2, 0.25) is 0 Å². The van der Waals surface area contributed by atoms with Crippen molar-refractivity contribution in [3.8, 4) is 0 Å². The van der Waals surface area contributed by atoms with Crippen molar-refractivity contribution in [3.05, 3.63) is 42.0 Å². The number of benzene rings is 1. The second-order valence-electron chi connectivity index (χ2n) is 8.75. The predicted molar refractivity (Wildman–Crippen MR) is 115 cm³/mol. The van der Waals surface area contributed by atoms with Crippen molar-refractivity contribution in [1.29, 1.82) is 0 Å². The molecule has 1 aromatic carbocycles. The number of rotatable bonds is 10. The van der Waals surface area contributed by atoms with Gasteiger partial charge in [-0.25, -0.2) is 5.84 Å². The molecule has 162 valence electrons. The Morgan fingerprint density at radius 2 is 1.83 bits per heavy atom. The number of esters is 1. The number of aliphatic hydroxyl groups excluding tert-OH is 1. The molecule has 1 unspecified atom stereocenters. The Bertz CT molecular complexity index is 665. The highest BCUT2D eigenvalue weighted by molar-refractivity contribution is 5.85. The fourth-order valence-corrected chi connectivity index (χ4v) is 3.38. The van der Waals surface area contributed by atoms with E-state index in [9.17, 15) is 14.7 Å². The van der Waals surface area contributed by atoms with E-state index in [1.807, 2.05) is 56.3 Å². The number of amides is 1. The van der Waals surface area contributed by atoms with Gasteiger partial charge >= 0.3 is 5.97 Å². The van der Waals surface area contributed by atoms with Gasteiger partial charge in [-0.3, -0.25) is 15.0 Å². The first-order valence-electron chi connectivity index (χ1n) is 10.2. The summed E-state index contributed by atoms with van der Waals surface area (Å²) in [7, 11) is 0. The van der Waals surface area contributed by atoms with Gasteiger partial charge in [-0.05, 0) is 51.0 Å². The van der Waals surface area contributed by atoms with Crippen molar-refractivity contribution in [1.82, 2.24) is 5.43 Å². The Morgan fingerprint density at radius 3 is 2.31 bits per heavy atom. The molecule has 0 spiro atoms. The Kier molecular flexibility index (Phi) is 10.1. The third-order valence-electron chi connectivity index (χ3n) is 4.58. The van der Waals surface area contributed by atoms with Crippen LogP contribution in [0.1, 0.15) is 53.0 Å². The summed E-state index contributed by atoms with van der Waals surface area (Å²) in [4.78, 5) is 25.8. The van der Waals surface area contributed by atoms with E-state index in [2.05, 4.69) is 5.43 Å². The normalized spacial score (nSPS) is 15.2. The number of hydrogen-bond donors (Lipinski definition) is 3. The Balaban J connectivity index is 3.35. The van der Waals surface area contributed by atoms with Gasteiger partial charge in [0.2, 0.25) is 5.91 Å². The van der Waals surface area contributed by atoms with E-state index in [-0.39, 0.29) is 18.4 Å². The summed E-state index contributed by atoms with van der Waals surface area (Å²) in [6.45, 7) is 9.26. The minimum atomic E-state index is -0.757. The molecular weight excluding hydrogens is 368 g/mol. The molecule has 0 aromatic heterocycles. The molecule has 0 aliphatic rings. The monoisotopic (exact) mass is 404 g/mol. The zero-order valence-corrected chi connectivity index (χ0v) is 18.2. The Morgan fingerprint density at radius 1 is 1.21 bits per heavy atom. The molecule has 0 saturated heterocycles. The van der Waals surface area contributed by atoms with Crippen LogP contribution in [-0.4, -0.2) is 29.2 Å². The van der Waals surface area contributed by atoms with Gasteiger partial charge in [0.05, 0.1) is 11.8 Å². The second kappa shape index (κ2) is 11.7. The van der Waals surface area contributed by atoms with Gasteiger partial charge in [-0.1, -0.05) is 56.3 Å². The van der Waals surface area contributed by atoms with Crippen LogP contribution < -0.4 is 11.3 Å². The molecule has 0 aliphatic carbocycles. The predicted octanol–water partition coefficient (Wildman–Crippen LogP) is 3.31. The Hall–Kier alpha value is -2.18. The van der Waals surface area contributed by atoms with E-state index < -0.39 is 29.3 Å². The molecule has 1 aromatic rings. The van der Waals surface area contributed by atoms with Gasteiger partial charge in [-0.2, -0.15) is 0 Å². The van der Waals surface area contributed by atoms with Crippen LogP contribution in [0.5, 0.6) is 0 Å². The summed E-state index contributed by atoms with van der Waals surface area (Å²) in [5.74, 6) is 2.96. The van der Waals surface area contributed by atoms with Crippen molar-refractivity contribution in [2.24, 2.45) is 29.5 Å². The quantitative estimate of drug-likeness (QED) is 0.240. The highest BCUT2D eigenvalue weighted by atomic mass is 16.6. The van der Waals surface area contributed by atoms with Gasteiger partial charge < -0.3 is 9.84 Å². The molecule has 6 heteroatoms. The molecule has 1 amide bonds. The molecule has 0 bridgehead atoms. The average molecular weight is 405 g/mol. The van der Waals surface area contributed by atoms with Crippen molar-refractivity contribution in [2.45, 2.75) is 53.1 Å². The number of nitrogens with two attached hydrogens (primary N) is 1. The molecule has 3 atom stereocenters. The minimum absolute atomic E-state index is 0.109. The van der Waals surface area contributed by atoms with E-state index in [1.165, 1.54) is 0 Å². The average Bonchev–Trinajstić information content (AvgIpc) is 2.64. The maximum Gasteiger partial charge on any atom is 0.310 e. The minimum Gasteiger partial charge on any atom is -0.460 e. The smallest absolute Gasteiger partial charge is 0.310 e. The second-order valence-corrected chi connectivity index (χ2v) is 8.75. The molecule has 6 nitrogen and oxygen atoms in total. The number of ether oxygens (including phenoxy) is 1. The summed E-state index contributed by atoms with van der Waals surface area (Å²) in [6, 6.07) is 9.68. The van der Waals surface area contributed by atoms with Crippen LogP contribution in [0.15, 0.2) is 36.4 Å². The summed E-state index contributed by atoms with van der Waals surface area (Å²) >= 11 is 0. The fraction of sp³-hybridized carbons (Fsp3) is 0.565. The number of hydrazine groups is 1. The first-order valence-corrected chi connectivity index (χ1v) is 10.2. The maximum atomic E-state index is 13.2. The van der Waals surface area contributed by atoms with Gasteiger partial charge in [0.15, 0.2) is 0 Å². The van der Waals surface area contributed by atoms with E-state index >= 15 is 0 Å². The molecule has 0 heterocycles. The SMILES string of the molecule is CC(C)C[C@@H](C(=O)NN)[C@@H](C(=O)OC(C)(C)C)C(/C=C/c1ccccc1)CCO. The Labute approximate surface area is 174 Å². The largest absolute Gasteiger partial charge is 0.460 e. The number of aliphatic hydroxyl groups is 1. The lowest BCUT2D eigenvalue weighted by Gasteiger charge is -2.33. The molecule has 4 N–H and O–H groups in total. The van der Waals surface area contributed by atoms with E-state index in [0.29, 0.717) is 12.8 Å². The number of hydrogen-bond acceptors (Lipinski definition) is 5. The maximum absolute atomic E-state index is 13.2. The lowest BCUT2D eigenvalue weighted by atomic mass is 9.75. The molecule has 1 rings (SSSR count). The molecular formula is C23H36N2O4. The van der Waals surface area contributed by atoms with E-state index in [0.717, 1.165) is 5.56 Å². The van der Waals surface area contributed by atoms with Gasteiger partial charge in [0.1, 0.15) is 5.60 Å². The molecule has 29 heavy (non-hydrogen) atoms. The van der Waals surface area contributed by atoms with E-state index in [4.69, 9.17) is 10.6 Å². The standard InChI is InChI=1S/C23H36N2O4/c1-16(2)15-19(21(27)25-24)20(22(28)29-23(3,4)5)18(13-14-26)12-11-17-9-7-6-8-10-17/h6-12,16,18-20,26H,13-15,24H2,1-5H3,(H,25,27)/b12-11+/t18?,19-,20+/m1/s1. The van der Waals surface area contributed by atoms with Crippen molar-refractivity contribution >= 4 is 18.0 Å². The van der Waals surface area contributed by atoms with Crippen molar-refractivity contribution in [3.63, 3.8) is 0 Å². The molecule has 0 fully saturated rings. The first-order chi connectivity index (χ1) is 13.6. The van der Waals surface area contributed by atoms with Crippen LogP contribution in [0.4, 0.5) is 0 Å². The summed E-state index contributed by atoms with van der Waals surface area (Å²) < 4.78 is 5.66. The van der Waals surface area contributed by atoms with Crippen LogP contribution in [-0.2, 0) is 14.3 Å². The molecule has 0 saturated carbocycles. The third kappa shape index (κ3) is 8.79. The summed E-state index contributed by atoms with van der Waals surface area (Å²) in [6.07, 6.45) is 4.61. The lowest BCUT2D eigenvalue weighted by molar-refractivity contribution is -0.166. The summed E-state index contributed by atoms with van der Waals surface area (Å²) in [5.41, 5.74) is 2.49. The van der Waals surface area contributed by atoms with Crippen LogP contribution in [0.3, 0.4) is 0 Å². The number of carbonyl (C=O) groups is 2.